The fourth-order valence-electron chi connectivity index (χ4n) is 4.29. The molecule has 1 aromatic heterocycles. The molecule has 35 heavy (non-hydrogen) atoms. The van der Waals surface area contributed by atoms with Crippen LogP contribution in [0.25, 0.3) is 5.57 Å². The maximum Gasteiger partial charge on any atom is 0.251 e. The minimum atomic E-state index is -2.55. The lowest BCUT2D eigenvalue weighted by Gasteiger charge is -2.34. The number of fused-ring (bicyclic) bond motifs is 1. The summed E-state index contributed by atoms with van der Waals surface area (Å²) < 4.78 is 33.0. The first-order valence-electron chi connectivity index (χ1n) is 11.4. The number of benzene rings is 1. The molecule has 0 radical (unpaired) electrons. The number of nitrogens with zero attached hydrogens (tertiary/aromatic N) is 3. The van der Waals surface area contributed by atoms with Gasteiger partial charge in [0, 0.05) is 48.7 Å². The van der Waals surface area contributed by atoms with Crippen molar-refractivity contribution in [3.05, 3.63) is 83.3 Å². The molecule has 1 saturated heterocycles. The second-order valence-corrected chi connectivity index (χ2v) is 8.61. The highest BCUT2D eigenvalue weighted by Crippen LogP contribution is 2.31. The number of hydrogen-bond donors (Lipinski definition) is 2. The number of carbonyl (C=O) groups is 1. The van der Waals surface area contributed by atoms with Gasteiger partial charge in [0.25, 0.3) is 5.92 Å². The summed E-state index contributed by atoms with van der Waals surface area (Å²) in [6.45, 7) is 4.18. The maximum atomic E-state index is 13.5. The molecule has 2 aliphatic heterocycles. The summed E-state index contributed by atoms with van der Waals surface area (Å²) in [5, 5.41) is 3.61. The molecule has 7 nitrogen and oxygen atoms in total. The predicted molar refractivity (Wildman–Crippen MR) is 130 cm³/mol. The molecular weight excluding hydrogens is 452 g/mol. The molecule has 180 valence electrons. The van der Waals surface area contributed by atoms with Gasteiger partial charge in [-0.3, -0.25) is 4.79 Å². The zero-order valence-electron chi connectivity index (χ0n) is 19.0. The van der Waals surface area contributed by atoms with Gasteiger partial charge in [-0.2, -0.15) is 0 Å². The summed E-state index contributed by atoms with van der Waals surface area (Å²) in [5.41, 5.74) is 4.11. The molecule has 9 heteroatoms. The van der Waals surface area contributed by atoms with E-state index < -0.39 is 12.2 Å². The summed E-state index contributed by atoms with van der Waals surface area (Å²) in [6, 6.07) is 9.03. The Balaban J connectivity index is 1.32. The van der Waals surface area contributed by atoms with E-state index in [1.807, 2.05) is 23.1 Å². The van der Waals surface area contributed by atoms with Gasteiger partial charge < -0.3 is 19.9 Å². The van der Waals surface area contributed by atoms with E-state index in [0.717, 1.165) is 22.2 Å². The number of hydrogen-bond acceptors (Lipinski definition) is 5. The molecular formula is C26H25F2N5O2. The lowest BCUT2D eigenvalue weighted by molar-refractivity contribution is -0.111. The number of aliphatic imine (C=N–C) groups is 1. The van der Waals surface area contributed by atoms with Gasteiger partial charge in [0.05, 0.1) is 5.56 Å². The number of aromatic nitrogens is 1. The zero-order valence-corrected chi connectivity index (χ0v) is 19.0. The normalized spacial score (nSPS) is 22.1. The Morgan fingerprint density at radius 3 is 2.83 bits per heavy atom. The van der Waals surface area contributed by atoms with Crippen molar-refractivity contribution < 1.29 is 18.3 Å². The molecule has 1 aromatic carbocycles. The number of amides is 1. The molecule has 1 atom stereocenters. The van der Waals surface area contributed by atoms with Crippen LogP contribution in [0, 0.1) is 0 Å². The average molecular weight is 478 g/mol. The third-order valence-corrected chi connectivity index (χ3v) is 6.21. The number of likely N-dealkylation sites (tertiary alicyclic amines) is 1. The van der Waals surface area contributed by atoms with Crippen LogP contribution in [-0.2, 0) is 4.79 Å². The number of alkyl halides is 2. The molecule has 1 fully saturated rings. The summed E-state index contributed by atoms with van der Waals surface area (Å²) in [4.78, 5) is 25.6. The number of rotatable bonds is 5. The van der Waals surface area contributed by atoms with E-state index in [4.69, 9.17) is 4.74 Å². The van der Waals surface area contributed by atoms with Crippen LogP contribution in [0.15, 0.2) is 76.9 Å². The van der Waals surface area contributed by atoms with E-state index in [1.54, 1.807) is 24.3 Å². The molecule has 1 amide bonds. The Bertz CT molecular complexity index is 1360. The number of allylic oxidation sites excluding steroid dienone is 3. The van der Waals surface area contributed by atoms with Gasteiger partial charge in [0.15, 0.2) is 0 Å². The fraction of sp³-hybridized carbons (Fsp3) is 0.269. The van der Waals surface area contributed by atoms with Crippen molar-refractivity contribution in [3.63, 3.8) is 0 Å². The number of aromatic amines is 1. The minimum Gasteiger partial charge on any atom is -0.464 e. The molecule has 3 aliphatic rings. The van der Waals surface area contributed by atoms with Gasteiger partial charge in [-0.05, 0) is 42.3 Å². The number of ether oxygens (including phenoxy) is 1. The third kappa shape index (κ3) is 5.08. The van der Waals surface area contributed by atoms with Crippen molar-refractivity contribution in [1.29, 1.82) is 0 Å². The molecule has 1 aliphatic carbocycles. The van der Waals surface area contributed by atoms with Gasteiger partial charge in [-0.1, -0.05) is 24.8 Å². The summed E-state index contributed by atoms with van der Waals surface area (Å²) in [6.07, 6.45) is 8.60. The predicted octanol–water partition coefficient (Wildman–Crippen LogP) is 3.60. The Morgan fingerprint density at radius 1 is 1.26 bits per heavy atom. The number of piperidine rings is 1. The lowest BCUT2D eigenvalue weighted by atomic mass is 10.0. The van der Waals surface area contributed by atoms with Crippen LogP contribution in [0.3, 0.4) is 0 Å². The van der Waals surface area contributed by atoms with Crippen LogP contribution < -0.4 is 20.9 Å². The first-order valence-corrected chi connectivity index (χ1v) is 11.4. The molecule has 2 N–H and O–H groups in total. The number of carbonyl (C=O) groups excluding carboxylic acids is 1. The quantitative estimate of drug-likeness (QED) is 0.646. The molecule has 0 spiro atoms. The highest BCUT2D eigenvalue weighted by molar-refractivity contribution is 5.98. The maximum absolute atomic E-state index is 13.5. The first-order chi connectivity index (χ1) is 16.9. The summed E-state index contributed by atoms with van der Waals surface area (Å²) in [5.74, 6) is -2.31. The van der Waals surface area contributed by atoms with E-state index in [-0.39, 0.29) is 18.7 Å². The molecule has 5 rings (SSSR count). The molecule has 0 saturated carbocycles. The van der Waals surface area contributed by atoms with E-state index in [1.165, 1.54) is 12.4 Å². The van der Waals surface area contributed by atoms with Crippen molar-refractivity contribution in [2.24, 2.45) is 9.98 Å². The Kier molecular flexibility index (Phi) is 6.07. The highest BCUT2D eigenvalue weighted by atomic mass is 19.3. The van der Waals surface area contributed by atoms with Gasteiger partial charge in [0.1, 0.15) is 17.6 Å². The minimum absolute atomic E-state index is 0.107. The van der Waals surface area contributed by atoms with Crippen molar-refractivity contribution in [3.8, 4) is 5.75 Å². The van der Waals surface area contributed by atoms with E-state index >= 15 is 0 Å². The number of nitrogens with one attached hydrogen (secondary N) is 2. The van der Waals surface area contributed by atoms with Crippen LogP contribution in [-0.4, -0.2) is 41.1 Å². The molecule has 0 bridgehead atoms. The Morgan fingerprint density at radius 2 is 2.09 bits per heavy atom. The smallest absolute Gasteiger partial charge is 0.251 e. The van der Waals surface area contributed by atoms with Gasteiger partial charge in [-0.15, -0.1) is 0 Å². The van der Waals surface area contributed by atoms with E-state index in [0.29, 0.717) is 36.4 Å². The van der Waals surface area contributed by atoms with Crippen molar-refractivity contribution in [2.45, 2.75) is 31.4 Å². The number of anilines is 1. The van der Waals surface area contributed by atoms with Crippen LogP contribution in [0.4, 0.5) is 14.5 Å². The Hall–Kier alpha value is -4.01. The van der Waals surface area contributed by atoms with Crippen molar-refractivity contribution in [2.75, 3.05) is 18.4 Å². The van der Waals surface area contributed by atoms with Crippen molar-refractivity contribution >= 4 is 23.5 Å². The topological polar surface area (TPSA) is 82.1 Å². The molecule has 3 heterocycles. The zero-order chi connectivity index (χ0) is 24.4. The lowest BCUT2D eigenvalue weighted by Crippen LogP contribution is -2.38. The van der Waals surface area contributed by atoms with Gasteiger partial charge >= 0.3 is 0 Å². The van der Waals surface area contributed by atoms with Crippen molar-refractivity contribution in [1.82, 2.24) is 9.88 Å². The molecule has 1 unspecified atom stereocenters. The second-order valence-electron chi connectivity index (χ2n) is 8.61. The summed E-state index contributed by atoms with van der Waals surface area (Å²) in [7, 11) is 0. The van der Waals surface area contributed by atoms with Crippen LogP contribution in [0.5, 0.6) is 5.75 Å². The van der Waals surface area contributed by atoms with Crippen LogP contribution >= 0.6 is 0 Å². The number of halogens is 2. The average Bonchev–Trinajstić information content (AvgIpc) is 3.30. The second kappa shape index (κ2) is 9.32. The standard InChI is InChI=1S/C26H25F2N5O2/c1-2-23(34)31-18-4-3-5-20(14-18)35-25-21-15-22(32-24(21)29-16-30-25)17-6-8-19(9-7-17)33-12-10-26(27,28)11-13-33/h2-6,8-9,14-16,25H,1,7,10-13H2,(H,31,34)(H,29,30,32). The third-order valence-electron chi connectivity index (χ3n) is 6.21. The van der Waals surface area contributed by atoms with Crippen LogP contribution in [0.1, 0.15) is 31.1 Å². The first kappa shape index (κ1) is 22.8. The monoisotopic (exact) mass is 477 g/mol. The SMILES string of the molecule is C=CC(=O)Nc1cccc(OC2N=CN=c3[nH]c(=C4C=CC(N5CCC(F)(F)CC5)=CC4)cc32)c1. The van der Waals surface area contributed by atoms with Gasteiger partial charge in [0.2, 0.25) is 12.1 Å². The van der Waals surface area contributed by atoms with Crippen LogP contribution in [0.2, 0.25) is 0 Å². The Labute approximate surface area is 200 Å². The summed E-state index contributed by atoms with van der Waals surface area (Å²) >= 11 is 0. The highest BCUT2D eigenvalue weighted by Gasteiger charge is 2.34. The number of H-pyrrole nitrogens is 1. The largest absolute Gasteiger partial charge is 0.464 e. The van der Waals surface area contributed by atoms with Gasteiger partial charge in [-0.25, -0.2) is 18.8 Å². The van der Waals surface area contributed by atoms with E-state index in [2.05, 4.69) is 32.9 Å². The molecule has 2 aromatic rings. The van der Waals surface area contributed by atoms with E-state index in [9.17, 15) is 13.6 Å². The fourth-order valence-corrected chi connectivity index (χ4v) is 4.29.